The molecule has 9 heteroatoms. The summed E-state index contributed by atoms with van der Waals surface area (Å²) in [5, 5.41) is 0. The molecule has 4 aromatic heterocycles. The fraction of sp³-hybridized carbons (Fsp3) is 0. The molecule has 0 saturated carbocycles. The largest absolute Gasteiger partial charge is 0.373 e. The van der Waals surface area contributed by atoms with Crippen LogP contribution < -0.4 is 11.4 Å². The van der Waals surface area contributed by atoms with Crippen LogP contribution in [0.4, 0.5) is 0 Å². The van der Waals surface area contributed by atoms with Gasteiger partial charge >= 0.3 is 17.5 Å². The maximum atomic E-state index is 12.2. The second-order valence-corrected chi connectivity index (χ2v) is 4.74. The number of hydrogen-bond acceptors (Lipinski definition) is 7. The number of rotatable bonds is 1. The van der Waals surface area contributed by atoms with E-state index in [2.05, 4.69) is 15.0 Å². The summed E-state index contributed by atoms with van der Waals surface area (Å²) in [4.78, 5) is 51.9. The van der Waals surface area contributed by atoms with Crippen molar-refractivity contribution in [1.82, 2.24) is 23.9 Å². The molecule has 9 nitrogen and oxygen atoms in total. The Labute approximate surface area is 152 Å². The molecule has 4 heterocycles. The van der Waals surface area contributed by atoms with E-state index < -0.39 is 11.4 Å². The third-order valence-electron chi connectivity index (χ3n) is 3.08. The molecular formula is C18H13N5O4. The monoisotopic (exact) mass is 363 g/mol. The van der Waals surface area contributed by atoms with E-state index in [0.29, 0.717) is 5.65 Å². The molecule has 0 radical (unpaired) electrons. The van der Waals surface area contributed by atoms with Crippen molar-refractivity contribution in [3.05, 3.63) is 100 Å². The first-order valence-corrected chi connectivity index (χ1v) is 7.55. The smallest absolute Gasteiger partial charge is 0.265 e. The lowest BCUT2D eigenvalue weighted by Crippen LogP contribution is -2.38. The van der Waals surface area contributed by atoms with E-state index in [1.807, 2.05) is 18.2 Å². The topological polar surface area (TPSA) is 116 Å². The highest BCUT2D eigenvalue weighted by molar-refractivity contribution is 5.36. The Morgan fingerprint density at radius 2 is 1.48 bits per heavy atom. The Kier molecular flexibility index (Phi) is 7.02. The highest BCUT2D eigenvalue weighted by Crippen LogP contribution is 1.97. The molecule has 4 aromatic rings. The highest BCUT2D eigenvalue weighted by atomic mass is 16.2. The minimum Gasteiger partial charge on any atom is -0.265 e. The van der Waals surface area contributed by atoms with Crippen LogP contribution in [0.25, 0.3) is 11.5 Å². The lowest BCUT2D eigenvalue weighted by molar-refractivity contribution is -0.191. The van der Waals surface area contributed by atoms with Crippen molar-refractivity contribution in [3.63, 3.8) is 0 Å². The Morgan fingerprint density at radius 3 is 2.04 bits per heavy atom. The zero-order chi connectivity index (χ0) is 19.5. The molecular weight excluding hydrogens is 350 g/mol. The zero-order valence-electron chi connectivity index (χ0n) is 13.9. The van der Waals surface area contributed by atoms with E-state index in [4.69, 9.17) is 9.59 Å². The summed E-state index contributed by atoms with van der Waals surface area (Å²) in [5.41, 5.74) is -0.797. The average Bonchev–Trinajstić information content (AvgIpc) is 2.71. The van der Waals surface area contributed by atoms with Gasteiger partial charge in [-0.3, -0.25) is 9.38 Å². The second-order valence-electron chi connectivity index (χ2n) is 4.74. The summed E-state index contributed by atoms with van der Waals surface area (Å²) in [7, 11) is 0. The molecule has 134 valence electrons. The van der Waals surface area contributed by atoms with E-state index in [1.165, 1.54) is 10.6 Å². The standard InChI is InChI=1S/C12H8N4O2.C5H5N.CO2/c17-11-14-10-6-2-4-8-15(10)12(18)16(11)9-5-1-3-7-13-9;1-2-4-6-5-3-1;2-1-3/h1-8H;1-5H;. The third-order valence-corrected chi connectivity index (χ3v) is 3.08. The molecule has 0 aliphatic rings. The normalized spacial score (nSPS) is 9.19. The summed E-state index contributed by atoms with van der Waals surface area (Å²) in [6.45, 7) is 0. The molecule has 0 fully saturated rings. The summed E-state index contributed by atoms with van der Waals surface area (Å²) in [5.74, 6) is 0.262. The quantitative estimate of drug-likeness (QED) is 0.489. The molecule has 0 spiro atoms. The molecule has 0 bridgehead atoms. The predicted molar refractivity (Wildman–Crippen MR) is 94.1 cm³/mol. The Morgan fingerprint density at radius 1 is 0.815 bits per heavy atom. The fourth-order valence-corrected chi connectivity index (χ4v) is 2.02. The highest BCUT2D eigenvalue weighted by Gasteiger charge is 2.09. The van der Waals surface area contributed by atoms with Crippen molar-refractivity contribution in [2.45, 2.75) is 0 Å². The number of carbonyl (C=O) groups excluding carboxylic acids is 2. The number of nitrogens with zero attached hydrogens (tertiary/aromatic N) is 5. The number of hydrogen-bond donors (Lipinski definition) is 0. The number of fused-ring (bicyclic) bond motifs is 1. The van der Waals surface area contributed by atoms with Crippen LogP contribution in [0.2, 0.25) is 0 Å². The van der Waals surface area contributed by atoms with Crippen LogP contribution in [0, 0.1) is 0 Å². The lowest BCUT2D eigenvalue weighted by atomic mass is 10.4. The zero-order valence-corrected chi connectivity index (χ0v) is 13.9. The van der Waals surface area contributed by atoms with Crippen LogP contribution in [0.15, 0.2) is 89.0 Å². The van der Waals surface area contributed by atoms with E-state index in [0.717, 1.165) is 4.57 Å². The van der Waals surface area contributed by atoms with Gasteiger partial charge in [0.25, 0.3) is 0 Å². The van der Waals surface area contributed by atoms with Gasteiger partial charge < -0.3 is 0 Å². The molecule has 0 N–H and O–H groups in total. The van der Waals surface area contributed by atoms with E-state index >= 15 is 0 Å². The molecule has 4 rings (SSSR count). The average molecular weight is 363 g/mol. The first kappa shape index (κ1) is 19.1. The minimum atomic E-state index is -0.634. The van der Waals surface area contributed by atoms with Gasteiger partial charge in [-0.15, -0.1) is 0 Å². The van der Waals surface area contributed by atoms with Crippen molar-refractivity contribution in [1.29, 1.82) is 0 Å². The Bertz CT molecular complexity index is 1110. The van der Waals surface area contributed by atoms with Gasteiger partial charge in [0.2, 0.25) is 0 Å². The van der Waals surface area contributed by atoms with Crippen LogP contribution >= 0.6 is 0 Å². The molecule has 0 atom stereocenters. The molecule has 0 aliphatic heterocycles. The van der Waals surface area contributed by atoms with E-state index in [-0.39, 0.29) is 12.0 Å². The fourth-order valence-electron chi connectivity index (χ4n) is 2.02. The molecule has 0 unspecified atom stereocenters. The molecule has 0 saturated heterocycles. The van der Waals surface area contributed by atoms with Gasteiger partial charge in [0.05, 0.1) is 0 Å². The van der Waals surface area contributed by atoms with Gasteiger partial charge in [-0.1, -0.05) is 18.2 Å². The number of pyridine rings is 3. The second kappa shape index (κ2) is 9.92. The third kappa shape index (κ3) is 5.12. The molecule has 0 aliphatic carbocycles. The van der Waals surface area contributed by atoms with Crippen molar-refractivity contribution in [3.8, 4) is 5.82 Å². The summed E-state index contributed by atoms with van der Waals surface area (Å²) >= 11 is 0. The Hall–Kier alpha value is -4.23. The van der Waals surface area contributed by atoms with Gasteiger partial charge in [0.1, 0.15) is 11.5 Å². The summed E-state index contributed by atoms with van der Waals surface area (Å²) < 4.78 is 2.24. The van der Waals surface area contributed by atoms with Crippen LogP contribution in [-0.4, -0.2) is 30.1 Å². The van der Waals surface area contributed by atoms with Crippen molar-refractivity contribution in [2.24, 2.45) is 0 Å². The van der Waals surface area contributed by atoms with Crippen molar-refractivity contribution in [2.75, 3.05) is 0 Å². The lowest BCUT2D eigenvalue weighted by Gasteiger charge is -2.04. The van der Waals surface area contributed by atoms with Gasteiger partial charge in [0.15, 0.2) is 0 Å². The van der Waals surface area contributed by atoms with Gasteiger partial charge in [-0.2, -0.15) is 19.1 Å². The summed E-state index contributed by atoms with van der Waals surface area (Å²) in [6.07, 6.45) is 6.82. The molecule has 27 heavy (non-hydrogen) atoms. The first-order valence-electron chi connectivity index (χ1n) is 7.55. The van der Waals surface area contributed by atoms with Gasteiger partial charge in [-0.05, 0) is 36.4 Å². The maximum Gasteiger partial charge on any atom is 0.373 e. The SMILES string of the molecule is O=C=O.O=c1nc2ccccn2c(=O)n1-c1ccccn1.c1ccncc1. The van der Waals surface area contributed by atoms with E-state index in [1.54, 1.807) is 55.0 Å². The van der Waals surface area contributed by atoms with Crippen LogP contribution in [0.1, 0.15) is 0 Å². The Balaban J connectivity index is 0.000000242. The minimum absolute atomic E-state index is 0.250. The summed E-state index contributed by atoms with van der Waals surface area (Å²) in [6, 6.07) is 15.7. The van der Waals surface area contributed by atoms with E-state index in [9.17, 15) is 9.59 Å². The first-order chi connectivity index (χ1) is 13.2. The van der Waals surface area contributed by atoms with Crippen LogP contribution in [0.3, 0.4) is 0 Å². The predicted octanol–water partition coefficient (Wildman–Crippen LogP) is 0.738. The van der Waals surface area contributed by atoms with Crippen molar-refractivity contribution < 1.29 is 9.59 Å². The van der Waals surface area contributed by atoms with Crippen molar-refractivity contribution >= 4 is 11.8 Å². The van der Waals surface area contributed by atoms with Gasteiger partial charge in [0, 0.05) is 24.8 Å². The van der Waals surface area contributed by atoms with Crippen LogP contribution in [0.5, 0.6) is 0 Å². The van der Waals surface area contributed by atoms with Crippen LogP contribution in [-0.2, 0) is 9.59 Å². The van der Waals surface area contributed by atoms with Gasteiger partial charge in [-0.25, -0.2) is 14.6 Å². The number of aromatic nitrogens is 5. The maximum absolute atomic E-state index is 12.2. The molecule has 0 aromatic carbocycles. The molecule has 0 amide bonds.